The van der Waals surface area contributed by atoms with Gasteiger partial charge in [0.25, 0.3) is 0 Å². The number of aliphatic hydroxyl groups excluding tert-OH is 1. The molecular weight excluding hydrogens is 252 g/mol. The smallest absolute Gasteiger partial charge is 0.0681 e. The molecule has 1 nitrogen and oxygen atoms in total. The molecule has 2 rings (SSSR count). The van der Waals surface area contributed by atoms with Crippen LogP contribution in [0.25, 0.3) is 0 Å². The van der Waals surface area contributed by atoms with Crippen LogP contribution < -0.4 is 0 Å². The second-order valence-corrected chi connectivity index (χ2v) is 5.20. The molecule has 0 aliphatic rings. The topological polar surface area (TPSA) is 20.2 Å². The van der Waals surface area contributed by atoms with Crippen LogP contribution in [-0.4, -0.2) is 5.11 Å². The van der Waals surface area contributed by atoms with Crippen molar-refractivity contribution in [1.82, 2.24) is 0 Å². The highest BCUT2D eigenvalue weighted by Crippen LogP contribution is 2.24. The summed E-state index contributed by atoms with van der Waals surface area (Å²) in [6.45, 7) is 0.102. The number of thioether (sulfide) groups is 1. The lowest BCUT2D eigenvalue weighted by Crippen LogP contribution is -1.85. The van der Waals surface area contributed by atoms with E-state index in [-0.39, 0.29) is 6.61 Å². The Morgan fingerprint density at radius 1 is 0.882 bits per heavy atom. The average molecular weight is 265 g/mol. The monoisotopic (exact) mass is 264 g/mol. The maximum absolute atomic E-state index is 8.94. The number of halogens is 1. The van der Waals surface area contributed by atoms with E-state index < -0.39 is 0 Å². The number of rotatable bonds is 4. The summed E-state index contributed by atoms with van der Waals surface area (Å²) >= 11 is 7.60. The minimum Gasteiger partial charge on any atom is -0.392 e. The van der Waals surface area contributed by atoms with E-state index in [9.17, 15) is 0 Å². The first-order chi connectivity index (χ1) is 8.28. The SMILES string of the molecule is OCc1ccc(CSc2ccc(Cl)cc2)cc1. The van der Waals surface area contributed by atoms with Crippen molar-refractivity contribution >= 4 is 23.4 Å². The zero-order chi connectivity index (χ0) is 12.1. The molecule has 0 unspecified atom stereocenters. The molecule has 2 aromatic carbocycles. The largest absolute Gasteiger partial charge is 0.392 e. The molecule has 1 N–H and O–H groups in total. The van der Waals surface area contributed by atoms with Crippen LogP contribution in [0.4, 0.5) is 0 Å². The highest BCUT2D eigenvalue weighted by molar-refractivity contribution is 7.98. The summed E-state index contributed by atoms with van der Waals surface area (Å²) in [5.74, 6) is 0.924. The fourth-order valence-electron chi connectivity index (χ4n) is 1.44. The van der Waals surface area contributed by atoms with E-state index >= 15 is 0 Å². The van der Waals surface area contributed by atoms with Crippen molar-refractivity contribution in [3.63, 3.8) is 0 Å². The summed E-state index contributed by atoms with van der Waals surface area (Å²) in [6, 6.07) is 15.9. The zero-order valence-corrected chi connectivity index (χ0v) is 10.8. The third kappa shape index (κ3) is 3.77. The quantitative estimate of drug-likeness (QED) is 0.838. The first-order valence-corrected chi connectivity index (χ1v) is 6.71. The molecule has 0 saturated carbocycles. The van der Waals surface area contributed by atoms with Gasteiger partial charge >= 0.3 is 0 Å². The lowest BCUT2D eigenvalue weighted by atomic mass is 10.2. The second kappa shape index (κ2) is 6.10. The molecule has 0 radical (unpaired) electrons. The normalized spacial score (nSPS) is 10.5. The van der Waals surface area contributed by atoms with Gasteiger partial charge in [0.05, 0.1) is 6.61 Å². The van der Waals surface area contributed by atoms with Gasteiger partial charge in [0.1, 0.15) is 0 Å². The van der Waals surface area contributed by atoms with Gasteiger partial charge in [-0.25, -0.2) is 0 Å². The van der Waals surface area contributed by atoms with E-state index in [1.807, 2.05) is 36.4 Å². The minimum atomic E-state index is 0.102. The highest BCUT2D eigenvalue weighted by atomic mass is 35.5. The molecule has 0 aliphatic carbocycles. The Bertz CT molecular complexity index is 465. The molecule has 3 heteroatoms. The van der Waals surface area contributed by atoms with E-state index in [1.54, 1.807) is 11.8 Å². The molecule has 2 aromatic rings. The second-order valence-electron chi connectivity index (χ2n) is 3.72. The number of aliphatic hydroxyl groups is 1. The van der Waals surface area contributed by atoms with Crippen LogP contribution in [-0.2, 0) is 12.4 Å². The minimum absolute atomic E-state index is 0.102. The molecule has 0 amide bonds. The molecule has 0 saturated heterocycles. The fourth-order valence-corrected chi connectivity index (χ4v) is 2.42. The van der Waals surface area contributed by atoms with Gasteiger partial charge in [0, 0.05) is 15.7 Å². The Labute approximate surface area is 110 Å². The number of hydrogen-bond donors (Lipinski definition) is 1. The molecule has 0 spiro atoms. The lowest BCUT2D eigenvalue weighted by Gasteiger charge is -2.03. The molecule has 0 aromatic heterocycles. The zero-order valence-electron chi connectivity index (χ0n) is 9.27. The summed E-state index contributed by atoms with van der Waals surface area (Å²) in [5, 5.41) is 9.71. The molecule has 0 heterocycles. The Hall–Kier alpha value is -0.960. The predicted octanol–water partition coefficient (Wildman–Crippen LogP) is 4.12. The maximum atomic E-state index is 8.94. The maximum Gasteiger partial charge on any atom is 0.0681 e. The van der Waals surface area contributed by atoms with Crippen LogP contribution >= 0.6 is 23.4 Å². The van der Waals surface area contributed by atoms with Crippen LogP contribution in [0.3, 0.4) is 0 Å². The Balaban J connectivity index is 1.95. The predicted molar refractivity (Wildman–Crippen MR) is 73.4 cm³/mol. The molecule has 0 atom stereocenters. The van der Waals surface area contributed by atoms with Crippen LogP contribution in [0.5, 0.6) is 0 Å². The summed E-state index contributed by atoms with van der Waals surface area (Å²) in [7, 11) is 0. The third-order valence-corrected chi connectivity index (χ3v) is 3.76. The van der Waals surface area contributed by atoms with Gasteiger partial charge in [-0.2, -0.15) is 0 Å². The van der Waals surface area contributed by atoms with Gasteiger partial charge in [-0.05, 0) is 35.4 Å². The number of hydrogen-bond acceptors (Lipinski definition) is 2. The van der Waals surface area contributed by atoms with E-state index in [0.29, 0.717) is 0 Å². The van der Waals surface area contributed by atoms with Crippen molar-refractivity contribution in [2.24, 2.45) is 0 Å². The highest BCUT2D eigenvalue weighted by Gasteiger charge is 1.97. The van der Waals surface area contributed by atoms with Crippen LogP contribution in [0, 0.1) is 0 Å². The average Bonchev–Trinajstić information content (AvgIpc) is 2.39. The van der Waals surface area contributed by atoms with Gasteiger partial charge in [-0.3, -0.25) is 0 Å². The molecule has 17 heavy (non-hydrogen) atoms. The number of benzene rings is 2. The molecule has 0 fully saturated rings. The van der Waals surface area contributed by atoms with Gasteiger partial charge < -0.3 is 5.11 Å². The van der Waals surface area contributed by atoms with Gasteiger partial charge in [-0.1, -0.05) is 35.9 Å². The first-order valence-electron chi connectivity index (χ1n) is 5.35. The summed E-state index contributed by atoms with van der Waals surface area (Å²) in [5.41, 5.74) is 2.20. The first kappa shape index (κ1) is 12.5. The van der Waals surface area contributed by atoms with Crippen LogP contribution in [0.15, 0.2) is 53.4 Å². The van der Waals surface area contributed by atoms with Crippen molar-refractivity contribution < 1.29 is 5.11 Å². The van der Waals surface area contributed by atoms with Crippen molar-refractivity contribution in [3.8, 4) is 0 Å². The summed E-state index contributed by atoms with van der Waals surface area (Å²) in [6.07, 6.45) is 0. The van der Waals surface area contributed by atoms with Crippen molar-refractivity contribution in [2.45, 2.75) is 17.3 Å². The van der Waals surface area contributed by atoms with Crippen molar-refractivity contribution in [3.05, 3.63) is 64.7 Å². The summed E-state index contributed by atoms with van der Waals surface area (Å²) < 4.78 is 0. The van der Waals surface area contributed by atoms with Crippen molar-refractivity contribution in [2.75, 3.05) is 0 Å². The van der Waals surface area contributed by atoms with Gasteiger partial charge in [0.15, 0.2) is 0 Å². The van der Waals surface area contributed by atoms with Crippen LogP contribution in [0.1, 0.15) is 11.1 Å². The Morgan fingerprint density at radius 3 is 2.06 bits per heavy atom. The van der Waals surface area contributed by atoms with Crippen molar-refractivity contribution in [1.29, 1.82) is 0 Å². The third-order valence-electron chi connectivity index (χ3n) is 2.42. The van der Waals surface area contributed by atoms with E-state index in [2.05, 4.69) is 12.1 Å². The Morgan fingerprint density at radius 2 is 1.47 bits per heavy atom. The molecule has 0 aliphatic heterocycles. The lowest BCUT2D eigenvalue weighted by molar-refractivity contribution is 0.282. The molecule has 0 bridgehead atoms. The summed E-state index contributed by atoms with van der Waals surface area (Å²) in [4.78, 5) is 1.21. The molecular formula is C14H13ClOS. The van der Waals surface area contributed by atoms with E-state index in [1.165, 1.54) is 10.5 Å². The fraction of sp³-hybridized carbons (Fsp3) is 0.143. The van der Waals surface area contributed by atoms with Gasteiger partial charge in [0.2, 0.25) is 0 Å². The molecule has 88 valence electrons. The standard InChI is InChI=1S/C14H13ClOS/c15-13-5-7-14(8-6-13)17-10-12-3-1-11(9-16)2-4-12/h1-8,16H,9-10H2. The van der Waals surface area contributed by atoms with E-state index in [4.69, 9.17) is 16.7 Å². The van der Waals surface area contributed by atoms with Crippen LogP contribution in [0.2, 0.25) is 5.02 Å². The Kier molecular flexibility index (Phi) is 4.49. The van der Waals surface area contributed by atoms with Gasteiger partial charge in [-0.15, -0.1) is 11.8 Å². The van der Waals surface area contributed by atoms with E-state index in [0.717, 1.165) is 16.3 Å².